The van der Waals surface area contributed by atoms with Gasteiger partial charge in [0.15, 0.2) is 0 Å². The molecule has 2 unspecified atom stereocenters. The molecule has 0 aromatic heterocycles. The first kappa shape index (κ1) is 15.2. The van der Waals surface area contributed by atoms with Gasteiger partial charge in [-0.25, -0.2) is 4.79 Å². The highest BCUT2D eigenvalue weighted by atomic mass is 35.5. The molecule has 0 spiro atoms. The average molecular weight is 318 g/mol. The second-order valence-corrected chi connectivity index (χ2v) is 5.92. The first-order chi connectivity index (χ1) is 9.41. The number of urea groups is 1. The van der Waals surface area contributed by atoms with Crippen LogP contribution in [-0.2, 0) is 4.79 Å². The number of amides is 3. The zero-order chi connectivity index (χ0) is 14.9. The summed E-state index contributed by atoms with van der Waals surface area (Å²) in [5, 5.41) is 3.15. The van der Waals surface area contributed by atoms with E-state index in [2.05, 4.69) is 5.32 Å². The maximum Gasteiger partial charge on any atom is 0.320 e. The van der Waals surface area contributed by atoms with Gasteiger partial charge < -0.3 is 15.1 Å². The van der Waals surface area contributed by atoms with Crippen molar-refractivity contribution < 1.29 is 9.59 Å². The monoisotopic (exact) mass is 317 g/mol. The summed E-state index contributed by atoms with van der Waals surface area (Å²) in [5.41, 5.74) is 0.812. The summed E-state index contributed by atoms with van der Waals surface area (Å²) < 4.78 is 0. The molecule has 2 atom stereocenters. The van der Waals surface area contributed by atoms with Crippen LogP contribution in [0.1, 0.15) is 6.42 Å². The van der Waals surface area contributed by atoms with Crippen molar-refractivity contribution in [1.82, 2.24) is 15.1 Å². The highest BCUT2D eigenvalue weighted by Gasteiger charge is 2.36. The first-order valence-corrected chi connectivity index (χ1v) is 7.18. The Morgan fingerprint density at radius 3 is 2.80 bits per heavy atom. The second-order valence-electron chi connectivity index (χ2n) is 4.99. The van der Waals surface area contributed by atoms with Crippen molar-refractivity contribution in [2.24, 2.45) is 0 Å². The Bertz CT molecular complexity index is 490. The quantitative estimate of drug-likeness (QED) is 0.803. The molecular formula is C13H17Cl2N3O2. The van der Waals surface area contributed by atoms with E-state index in [0.29, 0.717) is 24.5 Å². The fourth-order valence-corrected chi connectivity index (χ4v) is 2.74. The molecule has 0 saturated carbocycles. The van der Waals surface area contributed by atoms with Gasteiger partial charge in [-0.15, -0.1) is 11.6 Å². The number of rotatable bonds is 3. The predicted octanol–water partition coefficient (Wildman–Crippen LogP) is 1.53. The summed E-state index contributed by atoms with van der Waals surface area (Å²) in [6.45, 7) is 0.710. The third-order valence-corrected chi connectivity index (χ3v) is 4.56. The number of alkyl halides is 1. The molecule has 20 heavy (non-hydrogen) atoms. The third-order valence-electron chi connectivity index (χ3n) is 3.54. The standard InChI is InChI=1S/C13H17Cl2N3O2/c1-17-7-10(18(2)13(17)20)12(19)16-6-8-4-3-5-9(14)11(8)15/h3-4,9-10H,5-7H2,1-2H3,(H,16,19). The molecule has 1 N–H and O–H groups in total. The van der Waals surface area contributed by atoms with Gasteiger partial charge in [0.05, 0.1) is 11.9 Å². The van der Waals surface area contributed by atoms with Crippen LogP contribution in [0.3, 0.4) is 0 Å². The summed E-state index contributed by atoms with van der Waals surface area (Å²) in [4.78, 5) is 26.7. The molecule has 2 aliphatic rings. The lowest BCUT2D eigenvalue weighted by atomic mass is 10.1. The van der Waals surface area contributed by atoms with Crippen LogP contribution in [0.25, 0.3) is 0 Å². The predicted molar refractivity (Wildman–Crippen MR) is 78.9 cm³/mol. The minimum Gasteiger partial charge on any atom is -0.350 e. The molecule has 2 rings (SSSR count). The number of hydrogen-bond donors (Lipinski definition) is 1. The number of carbonyl (C=O) groups excluding carboxylic acids is 2. The van der Waals surface area contributed by atoms with E-state index in [4.69, 9.17) is 23.2 Å². The van der Waals surface area contributed by atoms with E-state index in [0.717, 1.165) is 5.57 Å². The topological polar surface area (TPSA) is 52.7 Å². The Morgan fingerprint density at radius 1 is 1.50 bits per heavy atom. The molecule has 7 heteroatoms. The molecule has 0 bridgehead atoms. The van der Waals surface area contributed by atoms with Crippen molar-refractivity contribution in [3.8, 4) is 0 Å². The third kappa shape index (κ3) is 2.94. The highest BCUT2D eigenvalue weighted by Crippen LogP contribution is 2.26. The Kier molecular flexibility index (Phi) is 4.60. The van der Waals surface area contributed by atoms with Gasteiger partial charge in [0, 0.05) is 25.7 Å². The number of hydrogen-bond acceptors (Lipinski definition) is 2. The van der Waals surface area contributed by atoms with Crippen molar-refractivity contribution in [2.75, 3.05) is 27.2 Å². The molecule has 5 nitrogen and oxygen atoms in total. The molecule has 0 aromatic carbocycles. The van der Waals surface area contributed by atoms with Gasteiger partial charge in [0.2, 0.25) is 5.91 Å². The molecule has 1 aliphatic heterocycles. The molecule has 1 saturated heterocycles. The van der Waals surface area contributed by atoms with E-state index in [-0.39, 0.29) is 17.3 Å². The number of halogens is 2. The Balaban J connectivity index is 1.95. The van der Waals surface area contributed by atoms with Crippen LogP contribution in [-0.4, -0.2) is 60.3 Å². The zero-order valence-corrected chi connectivity index (χ0v) is 12.9. The van der Waals surface area contributed by atoms with Crippen molar-refractivity contribution in [3.63, 3.8) is 0 Å². The van der Waals surface area contributed by atoms with E-state index < -0.39 is 6.04 Å². The van der Waals surface area contributed by atoms with Crippen LogP contribution in [0.2, 0.25) is 0 Å². The van der Waals surface area contributed by atoms with Gasteiger partial charge in [-0.05, 0) is 12.0 Å². The lowest BCUT2D eigenvalue weighted by molar-refractivity contribution is -0.124. The Hall–Kier alpha value is -1.20. The lowest BCUT2D eigenvalue weighted by Gasteiger charge is -2.19. The van der Waals surface area contributed by atoms with Crippen LogP contribution in [0.15, 0.2) is 22.8 Å². The number of allylic oxidation sites excluding steroid dienone is 2. The SMILES string of the molecule is CN1CC(C(=O)NCC2=C(Cl)C(Cl)CC=C2)N(C)C1=O. The minimum atomic E-state index is -0.466. The Labute approximate surface area is 128 Å². The lowest BCUT2D eigenvalue weighted by Crippen LogP contribution is -2.44. The maximum atomic E-state index is 12.1. The number of nitrogens with zero attached hydrogens (tertiary/aromatic N) is 2. The van der Waals surface area contributed by atoms with Gasteiger partial charge >= 0.3 is 6.03 Å². The minimum absolute atomic E-state index is 0.152. The molecule has 1 aliphatic carbocycles. The van der Waals surface area contributed by atoms with E-state index in [1.807, 2.05) is 12.2 Å². The summed E-state index contributed by atoms with van der Waals surface area (Å²) in [5.74, 6) is -0.188. The fraction of sp³-hybridized carbons (Fsp3) is 0.538. The fourth-order valence-electron chi connectivity index (χ4n) is 2.28. The first-order valence-electron chi connectivity index (χ1n) is 6.36. The van der Waals surface area contributed by atoms with E-state index in [1.165, 1.54) is 9.80 Å². The summed E-state index contributed by atoms with van der Waals surface area (Å²) in [7, 11) is 3.30. The molecular weight excluding hydrogens is 301 g/mol. The van der Waals surface area contributed by atoms with Gasteiger partial charge in [-0.3, -0.25) is 4.79 Å². The van der Waals surface area contributed by atoms with Crippen LogP contribution in [0.5, 0.6) is 0 Å². The number of nitrogens with one attached hydrogen (secondary N) is 1. The smallest absolute Gasteiger partial charge is 0.320 e. The molecule has 0 radical (unpaired) electrons. The van der Waals surface area contributed by atoms with Crippen LogP contribution >= 0.6 is 23.2 Å². The van der Waals surface area contributed by atoms with Crippen LogP contribution in [0.4, 0.5) is 4.79 Å². The number of carbonyl (C=O) groups is 2. The van der Waals surface area contributed by atoms with Gasteiger partial charge in [-0.1, -0.05) is 23.8 Å². The van der Waals surface area contributed by atoms with E-state index in [9.17, 15) is 9.59 Å². The largest absolute Gasteiger partial charge is 0.350 e. The van der Waals surface area contributed by atoms with E-state index in [1.54, 1.807) is 14.1 Å². The van der Waals surface area contributed by atoms with Crippen molar-refractivity contribution >= 4 is 35.1 Å². The van der Waals surface area contributed by atoms with Crippen molar-refractivity contribution in [2.45, 2.75) is 17.8 Å². The zero-order valence-electron chi connectivity index (χ0n) is 11.4. The number of likely N-dealkylation sites (N-methyl/N-ethyl adjacent to an activating group) is 2. The second kappa shape index (κ2) is 6.06. The summed E-state index contributed by atoms with van der Waals surface area (Å²) >= 11 is 12.2. The van der Waals surface area contributed by atoms with Crippen molar-refractivity contribution in [3.05, 3.63) is 22.8 Å². The Morgan fingerprint density at radius 2 is 2.20 bits per heavy atom. The van der Waals surface area contributed by atoms with Gasteiger partial charge in [0.1, 0.15) is 6.04 Å². The van der Waals surface area contributed by atoms with E-state index >= 15 is 0 Å². The van der Waals surface area contributed by atoms with Crippen LogP contribution in [0, 0.1) is 0 Å². The molecule has 110 valence electrons. The maximum absolute atomic E-state index is 12.1. The summed E-state index contributed by atoms with van der Waals surface area (Å²) in [6, 6.07) is -0.618. The highest BCUT2D eigenvalue weighted by molar-refractivity contribution is 6.38. The molecule has 0 aromatic rings. The van der Waals surface area contributed by atoms with Crippen LogP contribution < -0.4 is 5.32 Å². The normalized spacial score (nSPS) is 26.5. The van der Waals surface area contributed by atoms with Gasteiger partial charge in [-0.2, -0.15) is 0 Å². The molecule has 3 amide bonds. The molecule has 1 heterocycles. The van der Waals surface area contributed by atoms with Gasteiger partial charge in [0.25, 0.3) is 0 Å². The summed E-state index contributed by atoms with van der Waals surface area (Å²) in [6.07, 6.45) is 4.50. The van der Waals surface area contributed by atoms with Crippen molar-refractivity contribution in [1.29, 1.82) is 0 Å². The average Bonchev–Trinajstić information content (AvgIpc) is 2.68. The molecule has 1 fully saturated rings.